The fraction of sp³-hybridized carbons (Fsp3) is 0.500. The second-order valence-electron chi connectivity index (χ2n) is 4.32. The van der Waals surface area contributed by atoms with Gasteiger partial charge in [-0.05, 0) is 37.8 Å². The number of halogens is 2. The van der Waals surface area contributed by atoms with Gasteiger partial charge in [-0.15, -0.1) is 0 Å². The molecule has 0 unspecified atom stereocenters. The number of hydrogen-bond acceptors (Lipinski definition) is 2. The van der Waals surface area contributed by atoms with E-state index in [4.69, 9.17) is 0 Å². The summed E-state index contributed by atoms with van der Waals surface area (Å²) in [5.41, 5.74) is 0.760. The molecule has 1 aromatic rings. The van der Waals surface area contributed by atoms with Crippen molar-refractivity contribution in [3.05, 3.63) is 35.4 Å². The van der Waals surface area contributed by atoms with Crippen LogP contribution < -0.4 is 5.32 Å². The molecule has 0 radical (unpaired) electrons. The Balaban J connectivity index is 2.46. The Labute approximate surface area is 99.6 Å². The van der Waals surface area contributed by atoms with Crippen molar-refractivity contribution >= 4 is 11.8 Å². The van der Waals surface area contributed by atoms with Crippen molar-refractivity contribution in [1.82, 2.24) is 5.32 Å². The van der Waals surface area contributed by atoms with Crippen molar-refractivity contribution < 1.29 is 8.78 Å². The summed E-state index contributed by atoms with van der Waals surface area (Å²) >= 11 is 1.77. The first kappa shape index (κ1) is 13.5. The molecule has 0 fully saturated rings. The quantitative estimate of drug-likeness (QED) is 0.855. The first-order chi connectivity index (χ1) is 7.44. The van der Waals surface area contributed by atoms with E-state index >= 15 is 0 Å². The Hall–Kier alpha value is -0.610. The lowest BCUT2D eigenvalue weighted by molar-refractivity contribution is 0.505. The van der Waals surface area contributed by atoms with E-state index < -0.39 is 11.6 Å². The molecule has 0 saturated carbocycles. The Bertz CT molecular complexity index is 353. The van der Waals surface area contributed by atoms with E-state index in [-0.39, 0.29) is 4.75 Å². The van der Waals surface area contributed by atoms with Gasteiger partial charge in [-0.1, -0.05) is 6.07 Å². The minimum atomic E-state index is -0.798. The second kappa shape index (κ2) is 5.64. The van der Waals surface area contributed by atoms with Crippen molar-refractivity contribution in [3.8, 4) is 0 Å². The Kier molecular flexibility index (Phi) is 4.74. The Morgan fingerprint density at radius 1 is 1.25 bits per heavy atom. The number of hydrogen-bond donors (Lipinski definition) is 1. The predicted molar refractivity (Wildman–Crippen MR) is 65.7 cm³/mol. The topological polar surface area (TPSA) is 12.0 Å². The average Bonchev–Trinajstić information content (AvgIpc) is 2.23. The maximum absolute atomic E-state index is 12.9. The molecule has 0 bridgehead atoms. The minimum Gasteiger partial charge on any atom is -0.311 e. The van der Waals surface area contributed by atoms with Crippen LogP contribution >= 0.6 is 11.8 Å². The van der Waals surface area contributed by atoms with E-state index in [0.717, 1.165) is 18.2 Å². The van der Waals surface area contributed by atoms with Crippen LogP contribution in [0.15, 0.2) is 18.2 Å². The van der Waals surface area contributed by atoms with Gasteiger partial charge in [0, 0.05) is 17.8 Å². The zero-order chi connectivity index (χ0) is 12.2. The molecule has 0 saturated heterocycles. The summed E-state index contributed by atoms with van der Waals surface area (Å²) < 4.78 is 25.7. The van der Waals surface area contributed by atoms with Crippen molar-refractivity contribution in [3.63, 3.8) is 0 Å². The molecule has 0 atom stereocenters. The molecule has 0 aromatic heterocycles. The van der Waals surface area contributed by atoms with Gasteiger partial charge < -0.3 is 5.32 Å². The summed E-state index contributed by atoms with van der Waals surface area (Å²) in [6, 6.07) is 3.98. The minimum absolute atomic E-state index is 0.151. The summed E-state index contributed by atoms with van der Waals surface area (Å²) in [5.74, 6) is -1.59. The predicted octanol–water partition coefficient (Wildman–Crippen LogP) is 3.20. The van der Waals surface area contributed by atoms with Gasteiger partial charge in [-0.3, -0.25) is 0 Å². The molecular weight excluding hydrogens is 228 g/mol. The molecule has 1 nitrogen and oxygen atoms in total. The number of thioether (sulfide) groups is 1. The Morgan fingerprint density at radius 2 is 1.94 bits per heavy atom. The fourth-order valence-electron chi connectivity index (χ4n) is 1.23. The third-order valence-corrected chi connectivity index (χ3v) is 3.67. The molecule has 0 aliphatic rings. The van der Waals surface area contributed by atoms with Gasteiger partial charge in [-0.2, -0.15) is 11.8 Å². The largest absolute Gasteiger partial charge is 0.311 e. The third-order valence-electron chi connectivity index (χ3n) is 2.42. The van der Waals surface area contributed by atoms with Crippen molar-refractivity contribution in [1.29, 1.82) is 0 Å². The van der Waals surface area contributed by atoms with Crippen molar-refractivity contribution in [2.75, 3.05) is 12.8 Å². The van der Waals surface area contributed by atoms with E-state index in [1.165, 1.54) is 6.07 Å². The highest BCUT2D eigenvalue weighted by molar-refractivity contribution is 7.99. The van der Waals surface area contributed by atoms with Crippen LogP contribution in [0.3, 0.4) is 0 Å². The zero-order valence-corrected chi connectivity index (χ0v) is 10.6. The molecule has 0 aliphatic heterocycles. The smallest absolute Gasteiger partial charge is 0.159 e. The van der Waals surface area contributed by atoms with Gasteiger partial charge >= 0.3 is 0 Å². The molecule has 4 heteroatoms. The normalized spacial score (nSPS) is 11.8. The van der Waals surface area contributed by atoms with Crippen LogP contribution in [0, 0.1) is 11.6 Å². The van der Waals surface area contributed by atoms with Gasteiger partial charge in [0.25, 0.3) is 0 Å². The van der Waals surface area contributed by atoms with Gasteiger partial charge in [-0.25, -0.2) is 8.78 Å². The number of benzene rings is 1. The monoisotopic (exact) mass is 245 g/mol. The number of rotatable bonds is 5. The number of nitrogens with one attached hydrogen (secondary N) is 1. The molecule has 1 aromatic carbocycles. The second-order valence-corrected chi connectivity index (χ2v) is 5.83. The molecule has 1 N–H and O–H groups in total. The molecule has 0 spiro atoms. The van der Waals surface area contributed by atoms with Gasteiger partial charge in [0.1, 0.15) is 0 Å². The highest BCUT2D eigenvalue weighted by Crippen LogP contribution is 2.19. The molecule has 90 valence electrons. The Morgan fingerprint density at radius 3 is 2.50 bits per heavy atom. The van der Waals surface area contributed by atoms with Gasteiger partial charge in [0.05, 0.1) is 0 Å². The van der Waals surface area contributed by atoms with E-state index in [2.05, 4.69) is 25.4 Å². The summed E-state index contributed by atoms with van der Waals surface area (Å²) in [6.45, 7) is 5.65. The van der Waals surface area contributed by atoms with Crippen LogP contribution in [-0.4, -0.2) is 17.5 Å². The molecular formula is C12H17F2NS. The SMILES string of the molecule is CSC(C)(C)CNCc1ccc(F)c(F)c1. The highest BCUT2D eigenvalue weighted by Gasteiger charge is 2.14. The van der Waals surface area contributed by atoms with Crippen LogP contribution in [-0.2, 0) is 6.54 Å². The van der Waals surface area contributed by atoms with Crippen molar-refractivity contribution in [2.45, 2.75) is 25.1 Å². The van der Waals surface area contributed by atoms with Gasteiger partial charge in [0.2, 0.25) is 0 Å². The molecule has 0 aliphatic carbocycles. The first-order valence-electron chi connectivity index (χ1n) is 5.14. The summed E-state index contributed by atoms with van der Waals surface area (Å²) in [4.78, 5) is 0. The van der Waals surface area contributed by atoms with E-state index in [1.54, 1.807) is 17.8 Å². The summed E-state index contributed by atoms with van der Waals surface area (Å²) in [7, 11) is 0. The van der Waals surface area contributed by atoms with Crippen LogP contribution in [0.1, 0.15) is 19.4 Å². The summed E-state index contributed by atoms with van der Waals surface area (Å²) in [6.07, 6.45) is 2.05. The fourth-order valence-corrected chi connectivity index (χ4v) is 1.48. The lowest BCUT2D eigenvalue weighted by Crippen LogP contribution is -2.31. The lowest BCUT2D eigenvalue weighted by atomic mass is 10.2. The van der Waals surface area contributed by atoms with Crippen LogP contribution in [0.25, 0.3) is 0 Å². The molecule has 0 amide bonds. The van der Waals surface area contributed by atoms with Crippen LogP contribution in [0.5, 0.6) is 0 Å². The molecule has 0 heterocycles. The van der Waals surface area contributed by atoms with E-state index in [0.29, 0.717) is 6.54 Å². The summed E-state index contributed by atoms with van der Waals surface area (Å²) in [5, 5.41) is 3.23. The van der Waals surface area contributed by atoms with Crippen LogP contribution in [0.4, 0.5) is 8.78 Å². The zero-order valence-electron chi connectivity index (χ0n) is 9.81. The average molecular weight is 245 g/mol. The first-order valence-corrected chi connectivity index (χ1v) is 6.37. The lowest BCUT2D eigenvalue weighted by Gasteiger charge is -2.22. The highest BCUT2D eigenvalue weighted by atomic mass is 32.2. The molecule has 1 rings (SSSR count). The third kappa shape index (κ3) is 4.10. The maximum Gasteiger partial charge on any atom is 0.159 e. The van der Waals surface area contributed by atoms with Crippen molar-refractivity contribution in [2.24, 2.45) is 0 Å². The standard InChI is InChI=1S/C12H17F2NS/c1-12(2,16-3)8-15-7-9-4-5-10(13)11(14)6-9/h4-6,15H,7-8H2,1-3H3. The maximum atomic E-state index is 12.9. The van der Waals surface area contributed by atoms with E-state index in [1.807, 2.05) is 0 Å². The molecule has 16 heavy (non-hydrogen) atoms. The van der Waals surface area contributed by atoms with Gasteiger partial charge in [0.15, 0.2) is 11.6 Å². The van der Waals surface area contributed by atoms with Crippen LogP contribution in [0.2, 0.25) is 0 Å². The van der Waals surface area contributed by atoms with E-state index in [9.17, 15) is 8.78 Å².